The molecule has 0 saturated carbocycles. The molecular formula is C16H24N2O4. The third-order valence-corrected chi connectivity index (χ3v) is 4.76. The van der Waals surface area contributed by atoms with Gasteiger partial charge in [-0.15, -0.1) is 0 Å². The average molecular weight is 308 g/mol. The van der Waals surface area contributed by atoms with Gasteiger partial charge in [0.2, 0.25) is 0 Å². The highest BCUT2D eigenvalue weighted by Gasteiger charge is 2.45. The molecule has 0 aromatic carbocycles. The molecule has 6 nitrogen and oxygen atoms in total. The van der Waals surface area contributed by atoms with E-state index in [0.717, 1.165) is 38.1 Å². The van der Waals surface area contributed by atoms with Crippen LogP contribution < -0.4 is 5.32 Å². The van der Waals surface area contributed by atoms with Crippen molar-refractivity contribution in [2.24, 2.45) is 0 Å². The minimum atomic E-state index is -0.204. The predicted octanol–water partition coefficient (Wildman–Crippen LogP) is 2.15. The molecule has 2 amide bonds. The standard InChI is InChI=1S/C16H24N2O4/c1-20-14-5-3-11-22-16(14)6-8-18(9-7-16)15(19)17-12-13-4-2-10-21-13/h2,4,10,14H,3,5-9,11-12H2,1H3,(H,17,19)/t14-/m0/s1. The molecule has 0 aliphatic carbocycles. The lowest BCUT2D eigenvalue weighted by atomic mass is 9.82. The van der Waals surface area contributed by atoms with E-state index in [4.69, 9.17) is 13.9 Å². The third kappa shape index (κ3) is 3.13. The van der Waals surface area contributed by atoms with E-state index >= 15 is 0 Å². The molecular weight excluding hydrogens is 284 g/mol. The zero-order chi connectivity index (χ0) is 15.4. The van der Waals surface area contributed by atoms with Crippen LogP contribution in [0.3, 0.4) is 0 Å². The van der Waals surface area contributed by atoms with Gasteiger partial charge in [-0.25, -0.2) is 4.79 Å². The van der Waals surface area contributed by atoms with Gasteiger partial charge in [-0.2, -0.15) is 0 Å². The van der Waals surface area contributed by atoms with Crippen LogP contribution in [0.1, 0.15) is 31.4 Å². The summed E-state index contributed by atoms with van der Waals surface area (Å²) in [5.74, 6) is 0.761. The highest BCUT2D eigenvalue weighted by atomic mass is 16.5. The van der Waals surface area contributed by atoms with Crippen LogP contribution in [-0.4, -0.2) is 49.4 Å². The van der Waals surface area contributed by atoms with E-state index in [1.165, 1.54) is 0 Å². The van der Waals surface area contributed by atoms with E-state index in [1.54, 1.807) is 13.4 Å². The van der Waals surface area contributed by atoms with Crippen molar-refractivity contribution in [2.75, 3.05) is 26.8 Å². The monoisotopic (exact) mass is 308 g/mol. The van der Waals surface area contributed by atoms with Gasteiger partial charge in [0.05, 0.1) is 24.5 Å². The van der Waals surface area contributed by atoms with Crippen molar-refractivity contribution >= 4 is 6.03 Å². The number of amides is 2. The summed E-state index contributed by atoms with van der Waals surface area (Å²) in [6.45, 7) is 2.61. The summed E-state index contributed by atoms with van der Waals surface area (Å²) in [6, 6.07) is 3.62. The van der Waals surface area contributed by atoms with Crippen LogP contribution in [0.15, 0.2) is 22.8 Å². The van der Waals surface area contributed by atoms with Crippen LogP contribution in [0.2, 0.25) is 0 Å². The Morgan fingerprint density at radius 1 is 1.50 bits per heavy atom. The molecule has 1 aromatic rings. The van der Waals surface area contributed by atoms with Gasteiger partial charge in [-0.1, -0.05) is 0 Å². The second kappa shape index (κ2) is 6.71. The molecule has 2 aliphatic rings. The Labute approximate surface area is 130 Å². The quantitative estimate of drug-likeness (QED) is 0.929. The Hall–Kier alpha value is -1.53. The van der Waals surface area contributed by atoms with E-state index in [9.17, 15) is 4.79 Å². The largest absolute Gasteiger partial charge is 0.467 e. The molecule has 2 saturated heterocycles. The van der Waals surface area contributed by atoms with Gasteiger partial charge >= 0.3 is 6.03 Å². The summed E-state index contributed by atoms with van der Waals surface area (Å²) < 4.78 is 16.9. The molecule has 1 spiro atoms. The molecule has 0 radical (unpaired) electrons. The normalized spacial score (nSPS) is 24.4. The zero-order valence-electron chi connectivity index (χ0n) is 13.0. The number of nitrogens with zero attached hydrogens (tertiary/aromatic N) is 1. The number of urea groups is 1. The molecule has 3 heterocycles. The minimum absolute atomic E-state index is 0.0453. The Morgan fingerprint density at radius 3 is 3.00 bits per heavy atom. The Kier molecular flexibility index (Phi) is 4.69. The van der Waals surface area contributed by atoms with Gasteiger partial charge in [-0.3, -0.25) is 0 Å². The number of carbonyl (C=O) groups excluding carboxylic acids is 1. The first kappa shape index (κ1) is 15.4. The number of ether oxygens (including phenoxy) is 2. The second-order valence-corrected chi connectivity index (χ2v) is 6.00. The lowest BCUT2D eigenvalue weighted by Crippen LogP contribution is -2.57. The third-order valence-electron chi connectivity index (χ3n) is 4.76. The van der Waals surface area contributed by atoms with Crippen LogP contribution in [0.5, 0.6) is 0 Å². The Balaban J connectivity index is 1.51. The number of carbonyl (C=O) groups is 1. The minimum Gasteiger partial charge on any atom is -0.467 e. The fraction of sp³-hybridized carbons (Fsp3) is 0.688. The maximum Gasteiger partial charge on any atom is 0.317 e. The van der Waals surface area contributed by atoms with Crippen LogP contribution in [0.25, 0.3) is 0 Å². The first-order chi connectivity index (χ1) is 10.7. The SMILES string of the molecule is CO[C@H]1CCCOC12CCN(C(=O)NCc1ccco1)CC2. The van der Waals surface area contributed by atoms with E-state index in [-0.39, 0.29) is 17.7 Å². The number of nitrogens with one attached hydrogen (secondary N) is 1. The van der Waals surface area contributed by atoms with E-state index < -0.39 is 0 Å². The van der Waals surface area contributed by atoms with Gasteiger partial charge in [0.25, 0.3) is 0 Å². The topological polar surface area (TPSA) is 63.9 Å². The lowest BCUT2D eigenvalue weighted by Gasteiger charge is -2.47. The van der Waals surface area contributed by atoms with Crippen molar-refractivity contribution in [3.63, 3.8) is 0 Å². The van der Waals surface area contributed by atoms with Gasteiger partial charge < -0.3 is 24.1 Å². The maximum atomic E-state index is 12.2. The van der Waals surface area contributed by atoms with Gasteiger partial charge in [0.15, 0.2) is 0 Å². The lowest BCUT2D eigenvalue weighted by molar-refractivity contribution is -0.183. The summed E-state index contributed by atoms with van der Waals surface area (Å²) in [5.41, 5.74) is -0.204. The molecule has 2 aliphatic heterocycles. The predicted molar refractivity (Wildman–Crippen MR) is 80.5 cm³/mol. The zero-order valence-corrected chi connectivity index (χ0v) is 13.0. The fourth-order valence-corrected chi connectivity index (χ4v) is 3.48. The van der Waals surface area contributed by atoms with E-state index in [0.29, 0.717) is 19.6 Å². The Bertz CT molecular complexity index is 480. The summed E-state index contributed by atoms with van der Waals surface area (Å²) in [4.78, 5) is 14.1. The van der Waals surface area contributed by atoms with Crippen molar-refractivity contribution in [1.82, 2.24) is 10.2 Å². The molecule has 22 heavy (non-hydrogen) atoms. The fourth-order valence-electron chi connectivity index (χ4n) is 3.48. The highest BCUT2D eigenvalue weighted by Crippen LogP contribution is 2.36. The smallest absolute Gasteiger partial charge is 0.317 e. The van der Waals surface area contributed by atoms with Crippen LogP contribution in [0, 0.1) is 0 Å². The van der Waals surface area contributed by atoms with E-state index in [1.807, 2.05) is 17.0 Å². The highest BCUT2D eigenvalue weighted by molar-refractivity contribution is 5.74. The van der Waals surface area contributed by atoms with Crippen LogP contribution in [0.4, 0.5) is 4.79 Å². The average Bonchev–Trinajstić information content (AvgIpc) is 3.07. The summed E-state index contributed by atoms with van der Waals surface area (Å²) >= 11 is 0. The molecule has 2 fully saturated rings. The number of likely N-dealkylation sites (tertiary alicyclic amines) is 1. The van der Waals surface area contributed by atoms with Crippen molar-refractivity contribution in [3.05, 3.63) is 24.2 Å². The number of methoxy groups -OCH3 is 1. The van der Waals surface area contributed by atoms with Gasteiger partial charge in [0.1, 0.15) is 5.76 Å². The van der Waals surface area contributed by atoms with Crippen LogP contribution >= 0.6 is 0 Å². The molecule has 1 atom stereocenters. The van der Waals surface area contributed by atoms with Gasteiger partial charge in [-0.05, 0) is 37.8 Å². The molecule has 6 heteroatoms. The number of rotatable bonds is 3. The number of furan rings is 1. The maximum absolute atomic E-state index is 12.2. The number of hydrogen-bond donors (Lipinski definition) is 1. The number of hydrogen-bond acceptors (Lipinski definition) is 4. The van der Waals surface area contributed by atoms with Crippen molar-refractivity contribution in [3.8, 4) is 0 Å². The molecule has 3 rings (SSSR count). The van der Waals surface area contributed by atoms with Crippen molar-refractivity contribution in [2.45, 2.75) is 43.9 Å². The number of piperidine rings is 1. The molecule has 1 aromatic heterocycles. The first-order valence-electron chi connectivity index (χ1n) is 7.95. The summed E-state index contributed by atoms with van der Waals surface area (Å²) in [6.07, 6.45) is 5.51. The van der Waals surface area contributed by atoms with Gasteiger partial charge in [0, 0.05) is 26.8 Å². The molecule has 0 unspecified atom stereocenters. The second-order valence-electron chi connectivity index (χ2n) is 6.00. The summed E-state index contributed by atoms with van der Waals surface area (Å²) in [7, 11) is 1.75. The first-order valence-corrected chi connectivity index (χ1v) is 7.95. The van der Waals surface area contributed by atoms with Crippen molar-refractivity contribution in [1.29, 1.82) is 0 Å². The van der Waals surface area contributed by atoms with E-state index in [2.05, 4.69) is 5.32 Å². The molecule has 122 valence electrons. The summed E-state index contributed by atoms with van der Waals surface area (Å²) in [5, 5.41) is 2.89. The van der Waals surface area contributed by atoms with Crippen LogP contribution in [-0.2, 0) is 16.0 Å². The molecule has 0 bridgehead atoms. The van der Waals surface area contributed by atoms with Crippen molar-refractivity contribution < 1.29 is 18.7 Å². The molecule has 1 N–H and O–H groups in total. The Morgan fingerprint density at radius 2 is 2.32 bits per heavy atom.